The first-order valence-electron chi connectivity index (χ1n) is 11.7. The summed E-state index contributed by atoms with van der Waals surface area (Å²) in [6, 6.07) is 24.6. The Balaban J connectivity index is 1.78. The third-order valence-electron chi connectivity index (χ3n) is 6.22. The van der Waals surface area contributed by atoms with Gasteiger partial charge in [-0.3, -0.25) is 4.79 Å². The van der Waals surface area contributed by atoms with Crippen molar-refractivity contribution in [3.63, 3.8) is 0 Å². The molecule has 0 saturated carbocycles. The van der Waals surface area contributed by atoms with E-state index >= 15 is 0 Å². The molecule has 0 aliphatic heterocycles. The molecule has 0 bridgehead atoms. The van der Waals surface area contributed by atoms with Crippen LogP contribution in [0.4, 0.5) is 0 Å². The number of aromatic nitrogens is 1. The highest BCUT2D eigenvalue weighted by molar-refractivity contribution is 5.87. The second-order valence-electron chi connectivity index (χ2n) is 8.43. The van der Waals surface area contributed by atoms with E-state index in [0.717, 1.165) is 28.6 Å². The van der Waals surface area contributed by atoms with E-state index in [9.17, 15) is 4.79 Å². The molecule has 4 rings (SSSR count). The van der Waals surface area contributed by atoms with Gasteiger partial charge in [0.05, 0.1) is 20.8 Å². The highest BCUT2D eigenvalue weighted by Crippen LogP contribution is 2.38. The van der Waals surface area contributed by atoms with Crippen molar-refractivity contribution in [3.05, 3.63) is 95.7 Å². The Morgan fingerprint density at radius 1 is 0.914 bits per heavy atom. The van der Waals surface area contributed by atoms with Crippen molar-refractivity contribution in [2.24, 2.45) is 0 Å². The maximum atomic E-state index is 13.0. The molecule has 1 N–H and O–H groups in total. The molecule has 1 aromatic heterocycles. The largest absolute Gasteiger partial charge is 0.493 e. The summed E-state index contributed by atoms with van der Waals surface area (Å²) in [5.41, 5.74) is 4.45. The van der Waals surface area contributed by atoms with Gasteiger partial charge >= 0.3 is 0 Å². The molecular formula is C29H32N2O4. The monoisotopic (exact) mass is 472 g/mol. The maximum absolute atomic E-state index is 13.0. The number of amides is 1. The number of hydrogen-bond acceptors (Lipinski definition) is 4. The minimum Gasteiger partial charge on any atom is -0.493 e. The number of carbonyl (C=O) groups is 1. The van der Waals surface area contributed by atoms with Crippen LogP contribution in [0.5, 0.6) is 11.5 Å². The zero-order valence-corrected chi connectivity index (χ0v) is 20.5. The highest BCUT2D eigenvalue weighted by Gasteiger charge is 2.24. The van der Waals surface area contributed by atoms with Gasteiger partial charge in [0.25, 0.3) is 0 Å². The van der Waals surface area contributed by atoms with E-state index in [4.69, 9.17) is 14.2 Å². The molecule has 35 heavy (non-hydrogen) atoms. The van der Waals surface area contributed by atoms with E-state index in [2.05, 4.69) is 58.5 Å². The van der Waals surface area contributed by atoms with Gasteiger partial charge in [0.15, 0.2) is 11.5 Å². The number of hydrogen-bond donors (Lipinski definition) is 1. The van der Waals surface area contributed by atoms with Crippen LogP contribution in [0.15, 0.2) is 79.0 Å². The van der Waals surface area contributed by atoms with E-state index in [0.29, 0.717) is 31.1 Å². The maximum Gasteiger partial charge on any atom is 0.221 e. The number of fused-ring (bicyclic) bond motifs is 1. The van der Waals surface area contributed by atoms with Crippen LogP contribution in [0.1, 0.15) is 29.0 Å². The Morgan fingerprint density at radius 2 is 1.66 bits per heavy atom. The molecular weight excluding hydrogens is 440 g/mol. The summed E-state index contributed by atoms with van der Waals surface area (Å²) in [4.78, 5) is 13.0. The molecule has 6 nitrogen and oxygen atoms in total. The van der Waals surface area contributed by atoms with Gasteiger partial charge in [-0.1, -0.05) is 54.6 Å². The number of para-hydroxylation sites is 1. The second-order valence-corrected chi connectivity index (χ2v) is 8.43. The van der Waals surface area contributed by atoms with Crippen LogP contribution in [-0.4, -0.2) is 45.0 Å². The Labute approximate surface area is 206 Å². The van der Waals surface area contributed by atoms with Gasteiger partial charge < -0.3 is 24.1 Å². The van der Waals surface area contributed by atoms with E-state index in [-0.39, 0.29) is 11.8 Å². The van der Waals surface area contributed by atoms with Gasteiger partial charge in [0.2, 0.25) is 5.91 Å². The number of nitrogens with zero attached hydrogens (tertiary/aromatic N) is 1. The predicted molar refractivity (Wildman–Crippen MR) is 138 cm³/mol. The van der Waals surface area contributed by atoms with Crippen molar-refractivity contribution in [1.29, 1.82) is 0 Å². The zero-order chi connectivity index (χ0) is 24.6. The van der Waals surface area contributed by atoms with Crippen LogP contribution in [-0.2, 0) is 16.1 Å². The number of methoxy groups -OCH3 is 3. The Hall–Kier alpha value is -3.77. The SMILES string of the molecule is COCCNC(=O)C[C@H](c1ccc(OC)c(OC)c1)c1cn(Cc2ccccc2)c2ccccc12. The quantitative estimate of drug-likeness (QED) is 0.313. The lowest BCUT2D eigenvalue weighted by Crippen LogP contribution is -2.28. The summed E-state index contributed by atoms with van der Waals surface area (Å²) in [7, 11) is 4.87. The van der Waals surface area contributed by atoms with Crippen molar-refractivity contribution in [1.82, 2.24) is 9.88 Å². The van der Waals surface area contributed by atoms with Crippen LogP contribution in [0.3, 0.4) is 0 Å². The average molecular weight is 473 g/mol. The van der Waals surface area contributed by atoms with Gasteiger partial charge in [-0.05, 0) is 34.9 Å². The highest BCUT2D eigenvalue weighted by atomic mass is 16.5. The molecule has 3 aromatic carbocycles. The summed E-state index contributed by atoms with van der Waals surface area (Å²) in [5, 5.41) is 4.11. The van der Waals surface area contributed by atoms with Crippen molar-refractivity contribution in [2.45, 2.75) is 18.9 Å². The normalized spacial score (nSPS) is 11.9. The molecule has 0 spiro atoms. The predicted octanol–water partition coefficient (Wildman–Crippen LogP) is 4.99. The minimum atomic E-state index is -0.167. The van der Waals surface area contributed by atoms with Crippen molar-refractivity contribution in [3.8, 4) is 11.5 Å². The molecule has 1 heterocycles. The number of nitrogens with one attached hydrogen (secondary N) is 1. The topological polar surface area (TPSA) is 61.7 Å². The lowest BCUT2D eigenvalue weighted by molar-refractivity contribution is -0.121. The van der Waals surface area contributed by atoms with Gasteiger partial charge in [-0.2, -0.15) is 0 Å². The first-order valence-corrected chi connectivity index (χ1v) is 11.7. The van der Waals surface area contributed by atoms with Crippen LogP contribution in [0.2, 0.25) is 0 Å². The first-order chi connectivity index (χ1) is 17.1. The van der Waals surface area contributed by atoms with Crippen LogP contribution >= 0.6 is 0 Å². The Morgan fingerprint density at radius 3 is 2.40 bits per heavy atom. The summed E-state index contributed by atoms with van der Waals surface area (Å²) in [5.74, 6) is 1.11. The first kappa shape index (κ1) is 24.4. The van der Waals surface area contributed by atoms with Crippen molar-refractivity contribution >= 4 is 16.8 Å². The molecule has 1 atom stereocenters. The van der Waals surface area contributed by atoms with Gasteiger partial charge in [-0.15, -0.1) is 0 Å². The van der Waals surface area contributed by atoms with Crippen LogP contribution in [0.25, 0.3) is 10.9 Å². The number of benzene rings is 3. The molecule has 0 fully saturated rings. The van der Waals surface area contributed by atoms with Crippen LogP contribution in [0, 0.1) is 0 Å². The lowest BCUT2D eigenvalue weighted by Gasteiger charge is -2.19. The molecule has 1 amide bonds. The Bertz CT molecular complexity index is 1270. The van der Waals surface area contributed by atoms with Gasteiger partial charge in [-0.25, -0.2) is 0 Å². The van der Waals surface area contributed by atoms with Crippen LogP contribution < -0.4 is 14.8 Å². The molecule has 0 unspecified atom stereocenters. The molecule has 0 aliphatic rings. The van der Waals surface area contributed by atoms with Gasteiger partial charge in [0, 0.05) is 49.6 Å². The van der Waals surface area contributed by atoms with Gasteiger partial charge in [0.1, 0.15) is 0 Å². The fourth-order valence-corrected chi connectivity index (χ4v) is 4.49. The molecule has 182 valence electrons. The third-order valence-corrected chi connectivity index (χ3v) is 6.22. The standard InChI is InChI=1S/C29H32N2O4/c1-33-16-15-30-29(32)18-24(22-13-14-27(34-2)28(17-22)35-3)25-20-31(19-21-9-5-4-6-10-21)26-12-8-7-11-23(25)26/h4-14,17,20,24H,15-16,18-19H2,1-3H3,(H,30,32)/t24-/m1/s1. The molecule has 4 aromatic rings. The van der Waals surface area contributed by atoms with E-state index < -0.39 is 0 Å². The molecule has 0 aliphatic carbocycles. The molecule has 0 radical (unpaired) electrons. The fraction of sp³-hybridized carbons (Fsp3) is 0.276. The summed E-state index contributed by atoms with van der Waals surface area (Å²) in [6.07, 6.45) is 2.49. The van der Waals surface area contributed by atoms with E-state index in [1.165, 1.54) is 5.56 Å². The third kappa shape index (κ3) is 5.66. The lowest BCUT2D eigenvalue weighted by atomic mass is 9.87. The summed E-state index contributed by atoms with van der Waals surface area (Å²) in [6.45, 7) is 1.70. The Kier molecular flexibility index (Phi) is 8.06. The summed E-state index contributed by atoms with van der Waals surface area (Å²) >= 11 is 0. The molecule has 0 saturated heterocycles. The number of ether oxygens (including phenoxy) is 3. The summed E-state index contributed by atoms with van der Waals surface area (Å²) < 4.78 is 18.4. The smallest absolute Gasteiger partial charge is 0.221 e. The van der Waals surface area contributed by atoms with E-state index in [1.54, 1.807) is 21.3 Å². The number of rotatable bonds is 11. The zero-order valence-electron chi connectivity index (χ0n) is 20.5. The second kappa shape index (κ2) is 11.6. The van der Waals surface area contributed by atoms with Crippen molar-refractivity contribution in [2.75, 3.05) is 34.5 Å². The average Bonchev–Trinajstić information content (AvgIpc) is 3.25. The minimum absolute atomic E-state index is 0.0262. The fourth-order valence-electron chi connectivity index (χ4n) is 4.49. The molecule has 6 heteroatoms. The van der Waals surface area contributed by atoms with E-state index in [1.807, 2.05) is 30.3 Å². The van der Waals surface area contributed by atoms with Crippen molar-refractivity contribution < 1.29 is 19.0 Å². The number of carbonyl (C=O) groups excluding carboxylic acids is 1.